The van der Waals surface area contributed by atoms with Crippen LogP contribution in [0.25, 0.3) is 0 Å². The first-order chi connectivity index (χ1) is 5.88. The van der Waals surface area contributed by atoms with Crippen LogP contribution in [0.2, 0.25) is 0 Å². The third-order valence-corrected chi connectivity index (χ3v) is 2.25. The highest BCUT2D eigenvalue weighted by molar-refractivity contribution is 6.23. The van der Waals surface area contributed by atoms with E-state index in [0.29, 0.717) is 0 Å². The van der Waals surface area contributed by atoms with Crippen molar-refractivity contribution in [1.29, 1.82) is 0 Å². The molecule has 13 heavy (non-hydrogen) atoms. The number of aryl methyl sites for hydroxylation is 2. The van der Waals surface area contributed by atoms with E-state index in [4.69, 9.17) is 11.6 Å². The van der Waals surface area contributed by atoms with Crippen LogP contribution in [0.15, 0.2) is 18.2 Å². The molecule has 0 saturated carbocycles. The molecular weight excluding hydrogens is 180 g/mol. The molecule has 0 fully saturated rings. The molecular formula is C12H17Cl. The van der Waals surface area contributed by atoms with E-state index < -0.39 is 0 Å². The van der Waals surface area contributed by atoms with Crippen molar-refractivity contribution in [1.82, 2.24) is 0 Å². The smallest absolute Gasteiger partial charge is 0.0431 e. The number of hydrogen-bond acceptors (Lipinski definition) is 0. The summed E-state index contributed by atoms with van der Waals surface area (Å²) in [6, 6.07) is 6.52. The molecule has 0 aliphatic heterocycles. The zero-order valence-electron chi connectivity index (χ0n) is 8.82. The van der Waals surface area contributed by atoms with Crippen molar-refractivity contribution in [2.75, 3.05) is 0 Å². The molecule has 1 aromatic carbocycles. The first-order valence-electron chi connectivity index (χ1n) is 4.63. The Morgan fingerprint density at radius 3 is 2.38 bits per heavy atom. The number of hydrogen-bond donors (Lipinski definition) is 0. The molecule has 1 heteroatoms. The summed E-state index contributed by atoms with van der Waals surface area (Å²) in [5.74, 6) is 0. The summed E-state index contributed by atoms with van der Waals surface area (Å²) in [5, 5.41) is 0. The highest BCUT2D eigenvalue weighted by Gasteiger charge is 2.15. The highest BCUT2D eigenvalue weighted by Crippen LogP contribution is 2.22. The molecule has 72 valence electrons. The Hall–Kier alpha value is -0.490. The number of benzene rings is 1. The summed E-state index contributed by atoms with van der Waals surface area (Å²) in [4.78, 5) is -0.140. The van der Waals surface area contributed by atoms with Crippen molar-refractivity contribution in [3.63, 3.8) is 0 Å². The highest BCUT2D eigenvalue weighted by atomic mass is 35.5. The molecule has 0 heterocycles. The lowest BCUT2D eigenvalue weighted by molar-refractivity contribution is 0.690. The maximum absolute atomic E-state index is 6.19. The predicted octanol–water partition coefficient (Wildman–Crippen LogP) is 3.86. The molecule has 0 bridgehead atoms. The third-order valence-electron chi connectivity index (χ3n) is 2.12. The molecule has 0 spiro atoms. The summed E-state index contributed by atoms with van der Waals surface area (Å²) >= 11 is 6.19. The topological polar surface area (TPSA) is 0 Å². The van der Waals surface area contributed by atoms with Crippen molar-refractivity contribution in [3.8, 4) is 0 Å². The maximum atomic E-state index is 6.19. The molecule has 1 aromatic rings. The number of rotatable bonds is 2. The monoisotopic (exact) mass is 196 g/mol. The van der Waals surface area contributed by atoms with E-state index in [1.165, 1.54) is 16.7 Å². The third kappa shape index (κ3) is 3.40. The summed E-state index contributed by atoms with van der Waals surface area (Å²) in [6.45, 7) is 8.36. The van der Waals surface area contributed by atoms with E-state index in [0.717, 1.165) is 6.42 Å². The normalized spacial score (nSPS) is 11.8. The van der Waals surface area contributed by atoms with Crippen LogP contribution < -0.4 is 0 Å². The SMILES string of the molecule is Cc1ccc(C)c(CC(C)(C)Cl)c1. The standard InChI is InChI=1S/C12H17Cl/c1-9-5-6-10(2)11(7-9)8-12(3,4)13/h5-7H,8H2,1-4H3. The van der Waals surface area contributed by atoms with Crippen LogP contribution in [-0.4, -0.2) is 4.87 Å². The Kier molecular flexibility index (Phi) is 3.02. The minimum Gasteiger partial charge on any atom is -0.120 e. The zero-order chi connectivity index (χ0) is 10.1. The molecule has 0 nitrogen and oxygen atoms in total. The van der Waals surface area contributed by atoms with Gasteiger partial charge in [0.15, 0.2) is 0 Å². The second kappa shape index (κ2) is 3.71. The summed E-state index contributed by atoms with van der Waals surface area (Å²) in [5.41, 5.74) is 4.00. The minimum absolute atomic E-state index is 0.140. The largest absolute Gasteiger partial charge is 0.120 e. The molecule has 0 radical (unpaired) electrons. The Bertz CT molecular complexity index is 294. The second-order valence-corrected chi connectivity index (χ2v) is 5.35. The quantitative estimate of drug-likeness (QED) is 0.631. The lowest BCUT2D eigenvalue weighted by Gasteiger charge is -2.17. The van der Waals surface area contributed by atoms with Crippen LogP contribution in [0.4, 0.5) is 0 Å². The van der Waals surface area contributed by atoms with E-state index in [1.807, 2.05) is 0 Å². The Balaban J connectivity index is 2.94. The van der Waals surface area contributed by atoms with Gasteiger partial charge in [0.05, 0.1) is 0 Å². The molecule has 0 aliphatic rings. The molecule has 0 saturated heterocycles. The average Bonchev–Trinajstić information content (AvgIpc) is 1.94. The van der Waals surface area contributed by atoms with Gasteiger partial charge < -0.3 is 0 Å². The van der Waals surface area contributed by atoms with Gasteiger partial charge >= 0.3 is 0 Å². The first kappa shape index (κ1) is 10.6. The molecule has 0 amide bonds. The van der Waals surface area contributed by atoms with E-state index >= 15 is 0 Å². The van der Waals surface area contributed by atoms with Crippen molar-refractivity contribution in [2.45, 2.75) is 39.0 Å². The predicted molar refractivity (Wildman–Crippen MR) is 59.6 cm³/mol. The summed E-state index contributed by atoms with van der Waals surface area (Å²) < 4.78 is 0. The van der Waals surface area contributed by atoms with Crippen molar-refractivity contribution < 1.29 is 0 Å². The summed E-state index contributed by atoms with van der Waals surface area (Å²) in [7, 11) is 0. The van der Waals surface area contributed by atoms with E-state index in [9.17, 15) is 0 Å². The average molecular weight is 197 g/mol. The van der Waals surface area contributed by atoms with Gasteiger partial charge in [0.1, 0.15) is 0 Å². The van der Waals surface area contributed by atoms with Gasteiger partial charge in [-0.15, -0.1) is 11.6 Å². The maximum Gasteiger partial charge on any atom is 0.0431 e. The van der Waals surface area contributed by atoms with Gasteiger partial charge in [0, 0.05) is 4.87 Å². The molecule has 0 unspecified atom stereocenters. The van der Waals surface area contributed by atoms with Crippen LogP contribution in [-0.2, 0) is 6.42 Å². The molecule has 0 aliphatic carbocycles. The van der Waals surface area contributed by atoms with Gasteiger partial charge in [0.25, 0.3) is 0 Å². The lowest BCUT2D eigenvalue weighted by atomic mass is 9.96. The minimum atomic E-state index is -0.140. The fraction of sp³-hybridized carbons (Fsp3) is 0.500. The van der Waals surface area contributed by atoms with Crippen molar-refractivity contribution in [2.24, 2.45) is 0 Å². The van der Waals surface area contributed by atoms with Gasteiger partial charge in [-0.25, -0.2) is 0 Å². The molecule has 0 aromatic heterocycles. The van der Waals surface area contributed by atoms with Crippen LogP contribution in [0.5, 0.6) is 0 Å². The zero-order valence-corrected chi connectivity index (χ0v) is 9.57. The Labute approximate surface area is 85.9 Å². The fourth-order valence-electron chi connectivity index (χ4n) is 1.44. The summed E-state index contributed by atoms with van der Waals surface area (Å²) in [6.07, 6.45) is 0.933. The van der Waals surface area contributed by atoms with Gasteiger partial charge in [-0.1, -0.05) is 23.8 Å². The fourth-order valence-corrected chi connectivity index (χ4v) is 1.59. The number of alkyl halides is 1. The Morgan fingerprint density at radius 1 is 1.23 bits per heavy atom. The van der Waals surface area contributed by atoms with Gasteiger partial charge in [-0.3, -0.25) is 0 Å². The lowest BCUT2D eigenvalue weighted by Crippen LogP contribution is -2.14. The first-order valence-corrected chi connectivity index (χ1v) is 5.01. The van der Waals surface area contributed by atoms with Gasteiger partial charge in [-0.2, -0.15) is 0 Å². The van der Waals surface area contributed by atoms with Gasteiger partial charge in [0.2, 0.25) is 0 Å². The van der Waals surface area contributed by atoms with Crippen LogP contribution in [0, 0.1) is 13.8 Å². The van der Waals surface area contributed by atoms with Crippen LogP contribution >= 0.6 is 11.6 Å². The van der Waals surface area contributed by atoms with Crippen LogP contribution in [0.3, 0.4) is 0 Å². The molecule has 0 atom stereocenters. The van der Waals surface area contributed by atoms with E-state index in [-0.39, 0.29) is 4.87 Å². The van der Waals surface area contributed by atoms with Crippen molar-refractivity contribution in [3.05, 3.63) is 34.9 Å². The number of halogens is 1. The van der Waals surface area contributed by atoms with Crippen LogP contribution in [0.1, 0.15) is 30.5 Å². The van der Waals surface area contributed by atoms with E-state index in [2.05, 4.69) is 45.9 Å². The molecule has 0 N–H and O–H groups in total. The Morgan fingerprint density at radius 2 is 1.85 bits per heavy atom. The van der Waals surface area contributed by atoms with Gasteiger partial charge in [-0.05, 0) is 45.2 Å². The van der Waals surface area contributed by atoms with E-state index in [1.54, 1.807) is 0 Å². The molecule has 1 rings (SSSR count). The second-order valence-electron chi connectivity index (χ2n) is 4.33. The van der Waals surface area contributed by atoms with Crippen molar-refractivity contribution >= 4 is 11.6 Å².